The first kappa shape index (κ1) is 22.3. The highest BCUT2D eigenvalue weighted by atomic mass is 32.2. The van der Waals surface area contributed by atoms with E-state index in [0.717, 1.165) is 18.2 Å². The standard InChI is InChI=1S/C18H17F3N2O5S/c1-11-9-15(10-16(12(11)2)23(25)26)29(27,28)22-17(24)8-5-13-3-6-14(7-4-13)18(19,20)21/h3-4,6-7,9-10H,5,8H2,1-2H3,(H,22,24). The van der Waals surface area contributed by atoms with Crippen LogP contribution in [0.25, 0.3) is 0 Å². The van der Waals surface area contributed by atoms with E-state index in [0.29, 0.717) is 16.7 Å². The van der Waals surface area contributed by atoms with Gasteiger partial charge in [-0.25, -0.2) is 13.1 Å². The Bertz CT molecular complexity index is 1050. The Balaban J connectivity index is 2.09. The fourth-order valence-electron chi connectivity index (χ4n) is 2.53. The zero-order chi connectivity index (χ0) is 22.0. The van der Waals surface area contributed by atoms with E-state index in [1.54, 1.807) is 0 Å². The van der Waals surface area contributed by atoms with E-state index in [4.69, 9.17) is 0 Å². The van der Waals surface area contributed by atoms with Gasteiger partial charge in [0.2, 0.25) is 5.91 Å². The summed E-state index contributed by atoms with van der Waals surface area (Å²) in [5.74, 6) is -0.884. The predicted molar refractivity (Wildman–Crippen MR) is 97.7 cm³/mol. The maximum Gasteiger partial charge on any atom is 0.416 e. The van der Waals surface area contributed by atoms with Gasteiger partial charge >= 0.3 is 6.18 Å². The Morgan fingerprint density at radius 1 is 1.14 bits per heavy atom. The molecular formula is C18H17F3N2O5S. The molecule has 0 unspecified atom stereocenters. The molecule has 0 spiro atoms. The number of amides is 1. The SMILES string of the molecule is Cc1cc(S(=O)(=O)NC(=O)CCc2ccc(C(F)(F)F)cc2)cc([N+](=O)[O-])c1C. The third kappa shape index (κ3) is 5.53. The van der Waals surface area contributed by atoms with Crippen LogP contribution in [-0.4, -0.2) is 19.2 Å². The Labute approximate surface area is 164 Å². The molecule has 0 aliphatic carbocycles. The summed E-state index contributed by atoms with van der Waals surface area (Å²) in [4.78, 5) is 21.9. The number of nitrogens with zero attached hydrogens (tertiary/aromatic N) is 1. The molecule has 0 heterocycles. The Morgan fingerprint density at radius 3 is 2.24 bits per heavy atom. The summed E-state index contributed by atoms with van der Waals surface area (Å²) in [5, 5.41) is 11.1. The lowest BCUT2D eigenvalue weighted by Gasteiger charge is -2.10. The molecule has 0 atom stereocenters. The number of aryl methyl sites for hydroxylation is 2. The Morgan fingerprint density at radius 2 is 1.72 bits per heavy atom. The number of nitro groups is 1. The van der Waals surface area contributed by atoms with Gasteiger partial charge in [0.05, 0.1) is 15.4 Å². The van der Waals surface area contributed by atoms with Crippen LogP contribution in [0.15, 0.2) is 41.3 Å². The summed E-state index contributed by atoms with van der Waals surface area (Å²) < 4.78 is 64.2. The number of hydrogen-bond acceptors (Lipinski definition) is 5. The van der Waals surface area contributed by atoms with Gasteiger partial charge in [0.15, 0.2) is 0 Å². The molecule has 0 fully saturated rings. The van der Waals surface area contributed by atoms with Gasteiger partial charge in [-0.2, -0.15) is 13.2 Å². The van der Waals surface area contributed by atoms with Crippen molar-refractivity contribution in [2.24, 2.45) is 0 Å². The highest BCUT2D eigenvalue weighted by Gasteiger charge is 2.30. The molecule has 0 aliphatic heterocycles. The molecule has 2 aromatic carbocycles. The van der Waals surface area contributed by atoms with Gasteiger partial charge in [-0.05, 0) is 49.6 Å². The number of nitro benzene ring substituents is 1. The van der Waals surface area contributed by atoms with Crippen molar-refractivity contribution in [3.63, 3.8) is 0 Å². The zero-order valence-corrected chi connectivity index (χ0v) is 16.2. The van der Waals surface area contributed by atoms with Crippen LogP contribution in [0.3, 0.4) is 0 Å². The molecule has 0 aromatic heterocycles. The number of halogens is 3. The molecule has 0 aliphatic rings. The third-order valence-corrected chi connectivity index (χ3v) is 5.64. The molecule has 1 N–H and O–H groups in total. The largest absolute Gasteiger partial charge is 0.416 e. The van der Waals surface area contributed by atoms with Crippen LogP contribution in [0.5, 0.6) is 0 Å². The first-order chi connectivity index (χ1) is 13.3. The van der Waals surface area contributed by atoms with Crippen molar-refractivity contribution in [2.75, 3.05) is 0 Å². The van der Waals surface area contributed by atoms with Crippen LogP contribution in [-0.2, 0) is 27.4 Å². The van der Waals surface area contributed by atoms with Crippen molar-refractivity contribution in [1.29, 1.82) is 0 Å². The Kier molecular flexibility index (Phi) is 6.31. The molecular weight excluding hydrogens is 413 g/mol. The minimum Gasteiger partial charge on any atom is -0.274 e. The fraction of sp³-hybridized carbons (Fsp3) is 0.278. The maximum atomic E-state index is 12.5. The summed E-state index contributed by atoms with van der Waals surface area (Å²) >= 11 is 0. The summed E-state index contributed by atoms with van der Waals surface area (Å²) in [6, 6.07) is 6.24. The van der Waals surface area contributed by atoms with E-state index in [1.165, 1.54) is 32.0 Å². The average molecular weight is 430 g/mol. The van der Waals surface area contributed by atoms with Gasteiger partial charge < -0.3 is 0 Å². The van der Waals surface area contributed by atoms with Crippen molar-refractivity contribution < 1.29 is 31.3 Å². The van der Waals surface area contributed by atoms with Gasteiger partial charge in [-0.15, -0.1) is 0 Å². The van der Waals surface area contributed by atoms with E-state index >= 15 is 0 Å². The monoisotopic (exact) mass is 430 g/mol. The number of carbonyl (C=O) groups excluding carboxylic acids is 1. The molecule has 0 radical (unpaired) electrons. The molecule has 7 nitrogen and oxygen atoms in total. The normalized spacial score (nSPS) is 11.9. The molecule has 2 aromatic rings. The van der Waals surface area contributed by atoms with Gasteiger partial charge in [-0.1, -0.05) is 12.1 Å². The lowest BCUT2D eigenvalue weighted by atomic mass is 10.1. The van der Waals surface area contributed by atoms with E-state index in [2.05, 4.69) is 0 Å². The molecule has 11 heteroatoms. The molecule has 0 saturated heterocycles. The highest BCUT2D eigenvalue weighted by Crippen LogP contribution is 2.29. The summed E-state index contributed by atoms with van der Waals surface area (Å²) in [7, 11) is -4.34. The lowest BCUT2D eigenvalue weighted by Crippen LogP contribution is -2.30. The second-order valence-corrected chi connectivity index (χ2v) is 8.05. The van der Waals surface area contributed by atoms with Gasteiger partial charge in [0.25, 0.3) is 15.7 Å². The van der Waals surface area contributed by atoms with E-state index in [9.17, 15) is 36.5 Å². The topological polar surface area (TPSA) is 106 Å². The van der Waals surface area contributed by atoms with Crippen molar-refractivity contribution in [3.8, 4) is 0 Å². The number of nitrogens with one attached hydrogen (secondary N) is 1. The highest BCUT2D eigenvalue weighted by molar-refractivity contribution is 7.90. The van der Waals surface area contributed by atoms with Crippen LogP contribution in [0, 0.1) is 24.0 Å². The predicted octanol–water partition coefficient (Wildman–Crippen LogP) is 3.67. The molecule has 2 rings (SSSR count). The van der Waals surface area contributed by atoms with E-state index in [-0.39, 0.29) is 18.5 Å². The van der Waals surface area contributed by atoms with Crippen LogP contribution < -0.4 is 4.72 Å². The number of hydrogen-bond donors (Lipinski definition) is 1. The summed E-state index contributed by atoms with van der Waals surface area (Å²) in [5.41, 5.74) is -0.112. The average Bonchev–Trinajstić information content (AvgIpc) is 2.61. The number of benzene rings is 2. The third-order valence-electron chi connectivity index (χ3n) is 4.29. The zero-order valence-electron chi connectivity index (χ0n) is 15.4. The van der Waals surface area contributed by atoms with Crippen LogP contribution in [0.1, 0.15) is 28.7 Å². The van der Waals surface area contributed by atoms with Crippen LogP contribution in [0.2, 0.25) is 0 Å². The first-order valence-electron chi connectivity index (χ1n) is 8.28. The number of sulfonamides is 1. The molecule has 0 saturated carbocycles. The summed E-state index contributed by atoms with van der Waals surface area (Å²) in [6.07, 6.45) is -4.75. The first-order valence-corrected chi connectivity index (χ1v) is 9.77. The molecule has 29 heavy (non-hydrogen) atoms. The Hall–Kier alpha value is -2.95. The smallest absolute Gasteiger partial charge is 0.274 e. The molecule has 0 bridgehead atoms. The van der Waals surface area contributed by atoms with Gasteiger partial charge in [-0.3, -0.25) is 14.9 Å². The summed E-state index contributed by atoms with van der Waals surface area (Å²) in [6.45, 7) is 2.99. The fourth-order valence-corrected chi connectivity index (χ4v) is 3.65. The molecule has 156 valence electrons. The van der Waals surface area contributed by atoms with Crippen molar-refractivity contribution >= 4 is 21.6 Å². The molecule has 1 amide bonds. The minimum atomic E-state index is -4.47. The second kappa shape index (κ2) is 8.19. The van der Waals surface area contributed by atoms with Crippen molar-refractivity contribution in [2.45, 2.75) is 37.8 Å². The van der Waals surface area contributed by atoms with E-state index in [1.807, 2.05) is 4.72 Å². The number of carbonyl (C=O) groups is 1. The maximum absolute atomic E-state index is 12.5. The second-order valence-electron chi connectivity index (χ2n) is 6.36. The van der Waals surface area contributed by atoms with Crippen molar-refractivity contribution in [3.05, 3.63) is 68.8 Å². The van der Waals surface area contributed by atoms with Crippen molar-refractivity contribution in [1.82, 2.24) is 4.72 Å². The van der Waals surface area contributed by atoms with Gasteiger partial charge in [0.1, 0.15) is 0 Å². The minimum absolute atomic E-state index is 0.0204. The number of rotatable bonds is 6. The van der Waals surface area contributed by atoms with Crippen LogP contribution in [0.4, 0.5) is 18.9 Å². The lowest BCUT2D eigenvalue weighted by molar-refractivity contribution is -0.385. The number of alkyl halides is 3. The van der Waals surface area contributed by atoms with Crippen LogP contribution >= 0.6 is 0 Å². The van der Waals surface area contributed by atoms with E-state index < -0.39 is 37.5 Å². The quantitative estimate of drug-likeness (QED) is 0.556. The van der Waals surface area contributed by atoms with Gasteiger partial charge in [0, 0.05) is 18.1 Å².